The fourth-order valence-corrected chi connectivity index (χ4v) is 2.52. The molecule has 1 heterocycles. The van der Waals surface area contributed by atoms with Gasteiger partial charge >= 0.3 is 0 Å². The monoisotopic (exact) mass is 293 g/mol. The van der Waals surface area contributed by atoms with E-state index in [0.717, 1.165) is 23.0 Å². The lowest BCUT2D eigenvalue weighted by Crippen LogP contribution is -2.40. The summed E-state index contributed by atoms with van der Waals surface area (Å²) in [5.41, 5.74) is 1.63. The van der Waals surface area contributed by atoms with Crippen LogP contribution >= 0.6 is 0 Å². The molecule has 112 valence electrons. The lowest BCUT2D eigenvalue weighted by Gasteiger charge is -2.30. The Morgan fingerprint density at radius 1 is 1.00 bits per heavy atom. The number of aromatic nitrogens is 2. The quantitative estimate of drug-likeness (QED) is 0.689. The number of carbonyl (C=O) groups is 1. The second kappa shape index (κ2) is 5.30. The third-order valence-corrected chi connectivity index (χ3v) is 3.62. The van der Waals surface area contributed by atoms with Crippen LogP contribution in [0.15, 0.2) is 54.6 Å². The summed E-state index contributed by atoms with van der Waals surface area (Å²) in [6, 6.07) is 17.9. The van der Waals surface area contributed by atoms with Gasteiger partial charge in [-0.1, -0.05) is 30.3 Å². The van der Waals surface area contributed by atoms with Gasteiger partial charge in [-0.15, -0.1) is 5.10 Å². The molecule has 0 fully saturated rings. The van der Waals surface area contributed by atoms with Gasteiger partial charge in [-0.25, -0.2) is 4.68 Å². The number of hydrogen-bond acceptors (Lipinski definition) is 2. The number of hydrogen-bond donors (Lipinski definition) is 0. The summed E-state index contributed by atoms with van der Waals surface area (Å²) in [5, 5.41) is 5.67. The van der Waals surface area contributed by atoms with Crippen LogP contribution in [0.3, 0.4) is 0 Å². The van der Waals surface area contributed by atoms with Gasteiger partial charge in [-0.3, -0.25) is 9.69 Å². The molecule has 0 aliphatic carbocycles. The van der Waals surface area contributed by atoms with Crippen molar-refractivity contribution in [1.29, 1.82) is 0 Å². The number of fused-ring (bicyclic) bond motifs is 1. The van der Waals surface area contributed by atoms with E-state index in [-0.39, 0.29) is 5.54 Å². The van der Waals surface area contributed by atoms with Gasteiger partial charge < -0.3 is 0 Å². The number of amides is 1. The Labute approximate surface area is 130 Å². The molecule has 22 heavy (non-hydrogen) atoms. The summed E-state index contributed by atoms with van der Waals surface area (Å²) in [6.45, 7) is 5.99. The number of nitrogens with zero attached hydrogens (tertiary/aromatic N) is 3. The van der Waals surface area contributed by atoms with Crippen LogP contribution in [0.2, 0.25) is 0 Å². The molecule has 0 aliphatic rings. The first-order valence-corrected chi connectivity index (χ1v) is 7.30. The van der Waals surface area contributed by atoms with Crippen molar-refractivity contribution >= 4 is 23.1 Å². The predicted octanol–water partition coefficient (Wildman–Crippen LogP) is 3.79. The maximum atomic E-state index is 11.6. The van der Waals surface area contributed by atoms with E-state index in [9.17, 15) is 4.79 Å². The van der Waals surface area contributed by atoms with Crippen LogP contribution in [0.1, 0.15) is 20.8 Å². The number of rotatable bonds is 3. The zero-order chi connectivity index (χ0) is 15.7. The fourth-order valence-electron chi connectivity index (χ4n) is 2.52. The molecule has 4 nitrogen and oxygen atoms in total. The van der Waals surface area contributed by atoms with Gasteiger partial charge in [-0.05, 0) is 45.0 Å². The average molecular weight is 293 g/mol. The smallest absolute Gasteiger partial charge is 0.215 e. The Morgan fingerprint density at radius 3 is 2.27 bits per heavy atom. The Morgan fingerprint density at radius 2 is 1.64 bits per heavy atom. The lowest BCUT2D eigenvalue weighted by molar-refractivity contribution is -0.108. The molecule has 0 N–H and O–H groups in total. The van der Waals surface area contributed by atoms with Crippen molar-refractivity contribution in [2.24, 2.45) is 0 Å². The molecular weight excluding hydrogens is 274 g/mol. The molecule has 0 saturated heterocycles. The molecule has 0 aliphatic heterocycles. The van der Waals surface area contributed by atoms with Gasteiger partial charge in [0.1, 0.15) is 0 Å². The molecular formula is C18H19N3O. The first-order chi connectivity index (χ1) is 10.5. The molecule has 1 aromatic heterocycles. The SMILES string of the molecule is CC(C)(C)N(C=O)c1nn(-c2ccccc2)c2ccccc12. The van der Waals surface area contributed by atoms with Crippen molar-refractivity contribution in [3.05, 3.63) is 54.6 Å². The third-order valence-electron chi connectivity index (χ3n) is 3.62. The number of benzene rings is 2. The van der Waals surface area contributed by atoms with Crippen LogP contribution in [0, 0.1) is 0 Å². The van der Waals surface area contributed by atoms with Crippen LogP contribution in [0.25, 0.3) is 16.6 Å². The van der Waals surface area contributed by atoms with Gasteiger partial charge in [0.2, 0.25) is 6.41 Å². The summed E-state index contributed by atoms with van der Waals surface area (Å²) >= 11 is 0. The molecule has 0 unspecified atom stereocenters. The highest BCUT2D eigenvalue weighted by Gasteiger charge is 2.26. The second-order valence-corrected chi connectivity index (χ2v) is 6.23. The maximum Gasteiger partial charge on any atom is 0.215 e. The second-order valence-electron chi connectivity index (χ2n) is 6.23. The van der Waals surface area contributed by atoms with Crippen LogP contribution < -0.4 is 4.90 Å². The minimum absolute atomic E-state index is 0.333. The molecule has 0 bridgehead atoms. The average Bonchev–Trinajstić information content (AvgIpc) is 2.87. The van der Waals surface area contributed by atoms with Crippen molar-refractivity contribution in [3.63, 3.8) is 0 Å². The van der Waals surface area contributed by atoms with Crippen molar-refractivity contribution < 1.29 is 4.79 Å². The molecule has 0 atom stereocenters. The first-order valence-electron chi connectivity index (χ1n) is 7.30. The van der Waals surface area contributed by atoms with Gasteiger partial charge in [0, 0.05) is 10.9 Å². The molecule has 0 radical (unpaired) electrons. The Bertz CT molecular complexity index is 800. The molecule has 0 saturated carbocycles. The molecule has 2 aromatic carbocycles. The molecule has 0 spiro atoms. The summed E-state index contributed by atoms with van der Waals surface area (Å²) in [6.07, 6.45) is 0.851. The van der Waals surface area contributed by atoms with Gasteiger partial charge in [0.25, 0.3) is 0 Å². The highest BCUT2D eigenvalue weighted by molar-refractivity contribution is 5.96. The van der Waals surface area contributed by atoms with Gasteiger partial charge in [0.15, 0.2) is 5.82 Å². The highest BCUT2D eigenvalue weighted by atomic mass is 16.1. The standard InChI is InChI=1S/C18H19N3O/c1-18(2,3)20(13-22)17-15-11-7-8-12-16(15)21(19-17)14-9-5-4-6-10-14/h4-13H,1-3H3. The maximum absolute atomic E-state index is 11.6. The van der Waals surface area contributed by atoms with Gasteiger partial charge in [-0.2, -0.15) is 0 Å². The van der Waals surface area contributed by atoms with E-state index in [1.165, 1.54) is 0 Å². The molecule has 3 aromatic rings. The minimum Gasteiger partial charge on any atom is -0.292 e. The van der Waals surface area contributed by atoms with E-state index >= 15 is 0 Å². The third kappa shape index (κ3) is 2.37. The summed E-state index contributed by atoms with van der Waals surface area (Å²) in [7, 11) is 0. The Hall–Kier alpha value is -2.62. The summed E-state index contributed by atoms with van der Waals surface area (Å²) < 4.78 is 1.88. The predicted molar refractivity (Wildman–Crippen MR) is 89.4 cm³/mol. The topological polar surface area (TPSA) is 38.1 Å². The van der Waals surface area contributed by atoms with Crippen LogP contribution in [-0.2, 0) is 4.79 Å². The van der Waals surface area contributed by atoms with Crippen LogP contribution in [0.5, 0.6) is 0 Å². The van der Waals surface area contributed by atoms with E-state index in [1.54, 1.807) is 4.90 Å². The van der Waals surface area contributed by atoms with E-state index in [4.69, 9.17) is 5.10 Å². The number of para-hydroxylation sites is 2. The highest BCUT2D eigenvalue weighted by Crippen LogP contribution is 2.31. The van der Waals surface area contributed by atoms with Gasteiger partial charge in [0.05, 0.1) is 11.2 Å². The Balaban J connectivity index is 2.27. The number of carbonyl (C=O) groups excluding carboxylic acids is 1. The van der Waals surface area contributed by atoms with E-state index < -0.39 is 0 Å². The first kappa shape index (κ1) is 14.3. The zero-order valence-electron chi connectivity index (χ0n) is 13.0. The zero-order valence-corrected chi connectivity index (χ0v) is 13.0. The fraction of sp³-hybridized carbons (Fsp3) is 0.222. The molecule has 4 heteroatoms. The molecule has 1 amide bonds. The summed E-state index contributed by atoms with van der Waals surface area (Å²) in [5.74, 6) is 0.682. The minimum atomic E-state index is -0.333. The van der Waals surface area contributed by atoms with Crippen molar-refractivity contribution in [2.75, 3.05) is 4.90 Å². The van der Waals surface area contributed by atoms with Crippen molar-refractivity contribution in [3.8, 4) is 5.69 Å². The van der Waals surface area contributed by atoms with Crippen molar-refractivity contribution in [1.82, 2.24) is 9.78 Å². The Kier molecular flexibility index (Phi) is 3.45. The van der Waals surface area contributed by atoms with E-state index in [1.807, 2.05) is 80.1 Å². The van der Waals surface area contributed by atoms with E-state index in [2.05, 4.69) is 0 Å². The van der Waals surface area contributed by atoms with E-state index in [0.29, 0.717) is 5.82 Å². The van der Waals surface area contributed by atoms with Crippen molar-refractivity contribution in [2.45, 2.75) is 26.3 Å². The summed E-state index contributed by atoms with van der Waals surface area (Å²) in [4.78, 5) is 13.3. The number of anilines is 1. The normalized spacial score (nSPS) is 11.6. The lowest BCUT2D eigenvalue weighted by atomic mass is 10.1. The molecule has 3 rings (SSSR count). The largest absolute Gasteiger partial charge is 0.292 e. The van der Waals surface area contributed by atoms with Crippen LogP contribution in [-0.4, -0.2) is 21.7 Å². The van der Waals surface area contributed by atoms with Crippen LogP contribution in [0.4, 0.5) is 5.82 Å².